The van der Waals surface area contributed by atoms with Crippen molar-refractivity contribution >= 4 is 41.2 Å². The van der Waals surface area contributed by atoms with Crippen LogP contribution in [0.3, 0.4) is 0 Å². The standard InChI is InChI=1S/C22H23N2O.In/c1-17(18-7-5-4-6-8-18)11-13-23-14-12-19-16-24(2)22-10-9-20(25-3)15-21(19)22;/h1,4-7,9-11,15-16,23H,12-14H2,2-3H3;. The van der Waals surface area contributed by atoms with E-state index in [4.69, 9.17) is 4.74 Å². The molecule has 0 spiro atoms. The van der Waals surface area contributed by atoms with E-state index in [1.807, 2.05) is 6.07 Å². The van der Waals surface area contributed by atoms with Crippen molar-refractivity contribution in [3.8, 4) is 5.75 Å². The molecule has 1 aromatic heterocycles. The van der Waals surface area contributed by atoms with Gasteiger partial charge in [0.15, 0.2) is 0 Å². The van der Waals surface area contributed by atoms with Gasteiger partial charge >= 0.3 is 163 Å². The van der Waals surface area contributed by atoms with Gasteiger partial charge in [-0.05, 0) is 0 Å². The van der Waals surface area contributed by atoms with Crippen LogP contribution in [0.15, 0.2) is 52.5 Å². The van der Waals surface area contributed by atoms with Crippen LogP contribution in [0.5, 0.6) is 5.75 Å². The number of rotatable bonds is 6. The van der Waals surface area contributed by atoms with Gasteiger partial charge in [0.1, 0.15) is 0 Å². The molecule has 2 aliphatic heterocycles. The molecule has 3 aromatic rings. The number of fused-ring (bicyclic) bond motifs is 6. The number of benzene rings is 2. The van der Waals surface area contributed by atoms with E-state index in [1.165, 1.54) is 16.5 Å². The summed E-state index contributed by atoms with van der Waals surface area (Å²) in [6, 6.07) is 15.4. The zero-order chi connectivity index (χ0) is 17.7. The SMILES string of the molecule is COc1ccc2c(c1)c(CCNC[CH]1C3=[CH][In]1[c]1ccccc13)cn2C. The zero-order valence-electron chi connectivity index (χ0n) is 15.3. The molecule has 0 aliphatic carbocycles. The third-order valence-corrected chi connectivity index (χ3v) is 15.7. The molecule has 3 heterocycles. The molecule has 2 bridgehead atoms. The summed E-state index contributed by atoms with van der Waals surface area (Å²) >= 11 is -1.58. The fourth-order valence-corrected chi connectivity index (χ4v) is 14.3. The van der Waals surface area contributed by atoms with Gasteiger partial charge in [0, 0.05) is 0 Å². The van der Waals surface area contributed by atoms with E-state index in [0.717, 1.165) is 28.9 Å². The second-order valence-electron chi connectivity index (χ2n) is 7.44. The Morgan fingerprint density at radius 1 is 1.19 bits per heavy atom. The molecule has 5 rings (SSSR count). The Morgan fingerprint density at radius 2 is 2.08 bits per heavy atom. The van der Waals surface area contributed by atoms with E-state index in [-0.39, 0.29) is 0 Å². The second kappa shape index (κ2) is 6.50. The van der Waals surface area contributed by atoms with Gasteiger partial charge in [0.25, 0.3) is 0 Å². The van der Waals surface area contributed by atoms with E-state index in [1.54, 1.807) is 21.6 Å². The number of hydrogen-bond donors (Lipinski definition) is 1. The summed E-state index contributed by atoms with van der Waals surface area (Å²) in [6.07, 6.45) is 3.32. The van der Waals surface area contributed by atoms with Crippen LogP contribution in [-0.4, -0.2) is 46.2 Å². The summed E-state index contributed by atoms with van der Waals surface area (Å²) in [6.45, 7) is 2.20. The van der Waals surface area contributed by atoms with Gasteiger partial charge in [0.05, 0.1) is 0 Å². The van der Waals surface area contributed by atoms with E-state index >= 15 is 0 Å². The van der Waals surface area contributed by atoms with Crippen molar-refractivity contribution in [2.24, 2.45) is 7.05 Å². The molecule has 26 heavy (non-hydrogen) atoms. The summed E-state index contributed by atoms with van der Waals surface area (Å²) in [5, 5.41) is 5.06. The number of aromatic nitrogens is 1. The fourth-order valence-electron chi connectivity index (χ4n) is 4.65. The third-order valence-electron chi connectivity index (χ3n) is 6.04. The predicted octanol–water partition coefficient (Wildman–Crippen LogP) is 3.04. The van der Waals surface area contributed by atoms with Crippen molar-refractivity contribution in [2.75, 3.05) is 20.2 Å². The molecular formula is C22H23InN2O. The van der Waals surface area contributed by atoms with Crippen LogP contribution >= 0.6 is 0 Å². The Labute approximate surface area is 162 Å². The Kier molecular flexibility index (Phi) is 4.13. The summed E-state index contributed by atoms with van der Waals surface area (Å²) < 4.78 is 12.9. The van der Waals surface area contributed by atoms with Crippen molar-refractivity contribution in [1.29, 1.82) is 0 Å². The average Bonchev–Trinajstić information content (AvgIpc) is 3.29. The van der Waals surface area contributed by atoms with Crippen LogP contribution < -0.4 is 13.4 Å². The molecule has 1 atom stereocenters. The Morgan fingerprint density at radius 3 is 2.92 bits per heavy atom. The first kappa shape index (κ1) is 16.5. The van der Waals surface area contributed by atoms with Crippen LogP contribution in [0, 0.1) is 0 Å². The topological polar surface area (TPSA) is 26.2 Å². The van der Waals surface area contributed by atoms with Gasteiger partial charge < -0.3 is 0 Å². The third kappa shape index (κ3) is 2.54. The van der Waals surface area contributed by atoms with Crippen LogP contribution in [0.25, 0.3) is 16.5 Å². The molecular weight excluding hydrogens is 423 g/mol. The number of nitrogens with one attached hydrogen (secondary N) is 1. The number of hydrogen-bond acceptors (Lipinski definition) is 2. The van der Waals surface area contributed by atoms with Crippen LogP contribution in [0.4, 0.5) is 0 Å². The molecule has 3 nitrogen and oxygen atoms in total. The van der Waals surface area contributed by atoms with E-state index in [0.29, 0.717) is 0 Å². The maximum absolute atomic E-state index is 5.40. The summed E-state index contributed by atoms with van der Waals surface area (Å²) in [4.78, 5) is 0. The van der Waals surface area contributed by atoms with Crippen molar-refractivity contribution in [3.63, 3.8) is 0 Å². The normalized spacial score (nSPS) is 17.2. The van der Waals surface area contributed by atoms with Crippen molar-refractivity contribution in [3.05, 3.63) is 63.6 Å². The summed E-state index contributed by atoms with van der Waals surface area (Å²) in [5.74, 6) is 0.933. The number of methoxy groups -OCH3 is 1. The molecule has 0 radical (unpaired) electrons. The first-order valence-corrected chi connectivity index (χ1v) is 14.9. The van der Waals surface area contributed by atoms with Gasteiger partial charge in [0.2, 0.25) is 0 Å². The molecule has 1 N–H and O–H groups in total. The van der Waals surface area contributed by atoms with E-state index in [2.05, 4.69) is 63.4 Å². The molecule has 130 valence electrons. The Bertz CT molecular complexity index is 1020. The first-order valence-electron chi connectivity index (χ1n) is 9.40. The summed E-state index contributed by atoms with van der Waals surface area (Å²) in [7, 11) is 3.85. The van der Waals surface area contributed by atoms with E-state index in [9.17, 15) is 0 Å². The molecule has 0 saturated carbocycles. The minimum absolute atomic E-state index is 0.877. The number of nitrogens with zero attached hydrogens (tertiary/aromatic N) is 1. The molecule has 2 aromatic carbocycles. The predicted molar refractivity (Wildman–Crippen MR) is 110 cm³/mol. The maximum atomic E-state index is 5.40. The van der Waals surface area contributed by atoms with Crippen LogP contribution in [0.1, 0.15) is 11.1 Å². The van der Waals surface area contributed by atoms with Gasteiger partial charge in [-0.25, -0.2) is 0 Å². The van der Waals surface area contributed by atoms with Crippen molar-refractivity contribution in [2.45, 2.75) is 10.1 Å². The van der Waals surface area contributed by atoms with Crippen molar-refractivity contribution < 1.29 is 4.74 Å². The van der Waals surface area contributed by atoms with Gasteiger partial charge in [-0.2, -0.15) is 0 Å². The zero-order valence-corrected chi connectivity index (χ0v) is 18.6. The molecule has 1 unspecified atom stereocenters. The molecule has 4 heteroatoms. The first-order chi connectivity index (χ1) is 12.8. The number of aryl methyl sites for hydroxylation is 1. The molecule has 0 fully saturated rings. The number of ether oxygens (including phenoxy) is 1. The van der Waals surface area contributed by atoms with Gasteiger partial charge in [-0.1, -0.05) is 0 Å². The van der Waals surface area contributed by atoms with Crippen molar-refractivity contribution in [1.82, 2.24) is 9.88 Å². The quantitative estimate of drug-likeness (QED) is 0.590. The van der Waals surface area contributed by atoms with Crippen LogP contribution in [-0.2, 0) is 13.5 Å². The Hall–Kier alpha value is -1.65. The van der Waals surface area contributed by atoms with Crippen LogP contribution in [0.2, 0.25) is 3.67 Å². The second-order valence-corrected chi connectivity index (χ2v) is 15.5. The fraction of sp³-hybridized carbons (Fsp3) is 0.273. The van der Waals surface area contributed by atoms with E-state index < -0.39 is 21.4 Å². The molecule has 0 amide bonds. The summed E-state index contributed by atoms with van der Waals surface area (Å²) in [5.41, 5.74) is 5.89. The average molecular weight is 446 g/mol. The molecule has 0 saturated heterocycles. The van der Waals surface area contributed by atoms with Gasteiger partial charge in [-0.3, -0.25) is 0 Å². The minimum atomic E-state index is -1.58. The molecule has 2 aliphatic rings. The monoisotopic (exact) mass is 446 g/mol. The van der Waals surface area contributed by atoms with Gasteiger partial charge in [-0.15, -0.1) is 0 Å². The Balaban J connectivity index is 1.22.